The Morgan fingerprint density at radius 2 is 2.07 bits per heavy atom. The number of carbonyl (C=O) groups excluding carboxylic acids is 1. The molecule has 0 bridgehead atoms. The average Bonchev–Trinajstić information content (AvgIpc) is 2.56. The molecule has 1 fully saturated rings. The van der Waals surface area contributed by atoms with Gasteiger partial charge in [0.2, 0.25) is 0 Å². The quantitative estimate of drug-likeness (QED) is 0.487. The van der Waals surface area contributed by atoms with Crippen molar-refractivity contribution in [1.82, 2.24) is 5.32 Å². The number of amides is 1. The molecule has 0 aromatic heterocycles. The fourth-order valence-electron chi connectivity index (χ4n) is 1.87. The smallest absolute Gasteiger partial charge is 0.323 e. The summed E-state index contributed by atoms with van der Waals surface area (Å²) in [5.41, 5.74) is 0. The minimum Gasteiger partial charge on any atom is -0.520 e. The summed E-state index contributed by atoms with van der Waals surface area (Å²) in [4.78, 5) is 20.6. The zero-order valence-electron chi connectivity index (χ0n) is 7.74. The van der Waals surface area contributed by atoms with Crippen molar-refractivity contribution in [3.05, 3.63) is 0 Å². The van der Waals surface area contributed by atoms with Crippen molar-refractivity contribution in [1.29, 1.82) is 0 Å². The minimum absolute atomic E-state index is 0. The van der Waals surface area contributed by atoms with Gasteiger partial charge in [-0.25, -0.2) is 0 Å². The maximum Gasteiger partial charge on any atom is 0.323 e. The van der Waals surface area contributed by atoms with Crippen molar-refractivity contribution >= 4 is 12.4 Å². The van der Waals surface area contributed by atoms with E-state index in [0.29, 0.717) is 12.3 Å². The largest absolute Gasteiger partial charge is 0.520 e. The number of carboxylic acid groups (broad SMARTS) is 1. The van der Waals surface area contributed by atoms with E-state index < -0.39 is 12.0 Å². The second kappa shape index (κ2) is 5.56. The standard InChI is InChI=1S/C9H14NO3.Fm/c11-6-10-8(9(12)13)5-7-3-1-2-4-7;/h7-8H,1-5H2,(H,10,11)(H,12,13);/q-1;/t8-;/m0./s1. The van der Waals surface area contributed by atoms with Gasteiger partial charge in [-0.2, -0.15) is 6.41 Å². The first kappa shape index (κ1) is 11.9. The Balaban J connectivity index is 0.00000169. The van der Waals surface area contributed by atoms with Crippen molar-refractivity contribution in [2.45, 2.75) is 38.1 Å². The van der Waals surface area contributed by atoms with E-state index in [4.69, 9.17) is 5.11 Å². The zero-order chi connectivity index (χ0) is 9.68. The Morgan fingerprint density at radius 3 is 2.50 bits per heavy atom. The van der Waals surface area contributed by atoms with Gasteiger partial charge in [0, 0.05) is 0 Å². The van der Waals surface area contributed by atoms with Crippen molar-refractivity contribution < 1.29 is 14.7 Å². The molecule has 1 saturated carbocycles. The molecule has 0 saturated heterocycles. The molecule has 0 spiro atoms. The summed E-state index contributed by atoms with van der Waals surface area (Å²) in [7, 11) is 0. The fourth-order valence-corrected chi connectivity index (χ4v) is 1.87. The summed E-state index contributed by atoms with van der Waals surface area (Å²) in [5.74, 6) is -0.503. The molecule has 0 radical (unpaired) electrons. The van der Waals surface area contributed by atoms with E-state index in [1.165, 1.54) is 19.3 Å². The predicted molar refractivity (Wildman–Crippen MR) is 46.8 cm³/mol. The molecule has 0 heterocycles. The number of carboxylic acids is 1. The topological polar surface area (TPSA) is 66.4 Å². The van der Waals surface area contributed by atoms with Crippen LogP contribution in [-0.2, 0) is 9.59 Å². The molecular weight excluding hydrogens is 427 g/mol. The fraction of sp³-hybridized carbons (Fsp3) is 0.778. The number of carbonyl (C=O) groups is 1. The second-order valence-corrected chi connectivity index (χ2v) is 3.52. The van der Waals surface area contributed by atoms with E-state index in [0.717, 1.165) is 12.8 Å². The molecule has 1 atom stereocenters. The van der Waals surface area contributed by atoms with Gasteiger partial charge in [-0.3, -0.25) is 4.79 Å². The van der Waals surface area contributed by atoms with Crippen LogP contribution in [0.3, 0.4) is 0 Å². The first-order chi connectivity index (χ1) is 6.24. The minimum atomic E-state index is -0.963. The van der Waals surface area contributed by atoms with Crippen LogP contribution in [0.2, 0.25) is 0 Å². The molecule has 2 N–H and O–H groups in total. The van der Waals surface area contributed by atoms with E-state index in [9.17, 15) is 9.59 Å². The van der Waals surface area contributed by atoms with E-state index in [1.807, 2.05) is 0 Å². The summed E-state index contributed by atoms with van der Waals surface area (Å²) >= 11 is 0. The van der Waals surface area contributed by atoms with Crippen LogP contribution in [0, 0.1) is 5.92 Å². The first-order valence-electron chi connectivity index (χ1n) is 4.59. The molecule has 1 aliphatic carbocycles. The monoisotopic (exact) mass is 441 g/mol. The number of aliphatic carboxylic acids is 1. The van der Waals surface area contributed by atoms with Crippen LogP contribution in [0.25, 0.3) is 0 Å². The van der Waals surface area contributed by atoms with Gasteiger partial charge in [0.25, 0.3) is 0 Å². The SMILES string of the molecule is O=[C-]N[C@@H](CC1CCCC1)C(=O)O.[Fm]. The van der Waals surface area contributed by atoms with Gasteiger partial charge in [0.15, 0.2) is 0 Å². The molecule has 1 rings (SSSR count). The van der Waals surface area contributed by atoms with Crippen LogP contribution in [0.5, 0.6) is 0 Å². The van der Waals surface area contributed by atoms with Crippen LogP contribution in [0.1, 0.15) is 32.1 Å². The molecule has 0 aromatic carbocycles. The Hall–Kier alpha value is -2.06. The zero-order valence-corrected chi connectivity index (χ0v) is 10.1. The van der Waals surface area contributed by atoms with Crippen LogP contribution >= 0.6 is 0 Å². The van der Waals surface area contributed by atoms with Gasteiger partial charge in [-0.1, -0.05) is 25.7 Å². The van der Waals surface area contributed by atoms with Crippen LogP contribution in [-0.4, -0.2) is 23.5 Å². The Labute approximate surface area is 77.3 Å². The first-order valence-corrected chi connectivity index (χ1v) is 4.59. The summed E-state index contributed by atoms with van der Waals surface area (Å²) in [6, 6.07) is -0.749. The number of hydrogen-bond donors (Lipinski definition) is 2. The number of rotatable bonds is 5. The summed E-state index contributed by atoms with van der Waals surface area (Å²) in [6.45, 7) is 0. The number of hydrogen-bond acceptors (Lipinski definition) is 2. The molecule has 4 nitrogen and oxygen atoms in total. The molecule has 0 aromatic rings. The molecule has 1 aliphatic rings. The Bertz CT molecular complexity index is 192. The second-order valence-electron chi connectivity index (χ2n) is 3.52. The van der Waals surface area contributed by atoms with Gasteiger partial charge >= 0.3 is 5.97 Å². The van der Waals surface area contributed by atoms with Crippen molar-refractivity contribution in [2.75, 3.05) is 0 Å². The maximum absolute atomic E-state index is 10.6. The molecule has 0 unspecified atom stereocenters. The van der Waals surface area contributed by atoms with Gasteiger partial charge in [-0.05, 0) is 12.3 Å². The molecule has 86 valence electrons. The summed E-state index contributed by atoms with van der Waals surface area (Å²) in [6.07, 6.45) is 6.53. The molecular formula is C9H14FmNO3-. The predicted octanol–water partition coefficient (Wildman–Crippen LogP) is 0.677. The van der Waals surface area contributed by atoms with Crippen LogP contribution in [0.4, 0.5) is 0 Å². The normalized spacial score (nSPS) is 18.3. The average molecular weight is 441 g/mol. The third-order valence-corrected chi connectivity index (χ3v) is 2.58. The van der Waals surface area contributed by atoms with Crippen molar-refractivity contribution in [3.8, 4) is 0 Å². The maximum atomic E-state index is 10.6. The summed E-state index contributed by atoms with van der Waals surface area (Å²) < 4.78 is 0. The van der Waals surface area contributed by atoms with Gasteiger partial charge in [-0.15, -0.1) is 0 Å². The molecule has 14 heavy (non-hydrogen) atoms. The van der Waals surface area contributed by atoms with Crippen LogP contribution < -0.4 is 5.32 Å². The Morgan fingerprint density at radius 1 is 1.50 bits per heavy atom. The molecule has 5 heteroatoms. The Kier molecular flexibility index (Phi) is 4.74. The van der Waals surface area contributed by atoms with E-state index in [1.54, 1.807) is 0 Å². The van der Waals surface area contributed by atoms with E-state index in [2.05, 4.69) is 5.32 Å². The van der Waals surface area contributed by atoms with E-state index in [-0.39, 0.29) is 0 Å². The van der Waals surface area contributed by atoms with Crippen LogP contribution in [0.15, 0.2) is 0 Å². The third kappa shape index (κ3) is 3.13. The van der Waals surface area contributed by atoms with Crippen molar-refractivity contribution in [2.24, 2.45) is 5.92 Å². The number of nitrogens with one attached hydrogen (secondary N) is 1. The van der Waals surface area contributed by atoms with Gasteiger partial charge in [0.05, 0.1) is 6.04 Å². The molecule has 0 aliphatic heterocycles. The van der Waals surface area contributed by atoms with Gasteiger partial charge in [0.1, 0.15) is 0 Å². The van der Waals surface area contributed by atoms with Gasteiger partial charge < -0.3 is 15.2 Å². The molecule has 1 amide bonds. The van der Waals surface area contributed by atoms with Crippen molar-refractivity contribution in [3.63, 3.8) is 0 Å². The third-order valence-electron chi connectivity index (χ3n) is 2.58. The van der Waals surface area contributed by atoms with E-state index >= 15 is 0 Å². The summed E-state index contributed by atoms with van der Waals surface area (Å²) in [5, 5.41) is 10.9.